The Morgan fingerprint density at radius 3 is 2.75 bits per heavy atom. The van der Waals surface area contributed by atoms with Crippen molar-refractivity contribution >= 4 is 0 Å². The van der Waals surface area contributed by atoms with Crippen LogP contribution in [-0.2, 0) is 0 Å². The number of hydrogen-bond donors (Lipinski definition) is 1. The summed E-state index contributed by atoms with van der Waals surface area (Å²) in [4.78, 5) is 0. The zero-order chi connectivity index (χ0) is 8.97. The highest BCUT2D eigenvalue weighted by Gasteiger charge is 1.98. The molecule has 1 N–H and O–H groups in total. The molecule has 0 radical (unpaired) electrons. The molecule has 0 aliphatic rings. The molecule has 1 heterocycles. The standard InChI is InChI=1S/C8H12N2O2/c1-6-5-8(12-4-3-11)10-9-7(6)2/h5,11H,3-4H2,1-2H3. The highest BCUT2D eigenvalue weighted by Crippen LogP contribution is 2.09. The Kier molecular flexibility index (Phi) is 2.99. The van der Waals surface area contributed by atoms with Gasteiger partial charge >= 0.3 is 0 Å². The lowest BCUT2D eigenvalue weighted by molar-refractivity contribution is 0.195. The smallest absolute Gasteiger partial charge is 0.233 e. The van der Waals surface area contributed by atoms with E-state index in [2.05, 4.69) is 10.2 Å². The lowest BCUT2D eigenvalue weighted by Crippen LogP contribution is -2.04. The van der Waals surface area contributed by atoms with Crippen LogP contribution in [0.4, 0.5) is 0 Å². The van der Waals surface area contributed by atoms with Gasteiger partial charge in [-0.15, -0.1) is 5.10 Å². The minimum atomic E-state index is -0.00535. The zero-order valence-electron chi connectivity index (χ0n) is 7.24. The van der Waals surface area contributed by atoms with Gasteiger partial charge in [-0.05, 0) is 19.4 Å². The van der Waals surface area contributed by atoms with Gasteiger partial charge in [-0.3, -0.25) is 0 Å². The van der Waals surface area contributed by atoms with E-state index in [0.717, 1.165) is 11.3 Å². The molecule has 66 valence electrons. The molecular formula is C8H12N2O2. The summed E-state index contributed by atoms with van der Waals surface area (Å²) in [5.74, 6) is 0.465. The molecule has 1 aromatic rings. The SMILES string of the molecule is Cc1cc(OCCO)nnc1C. The van der Waals surface area contributed by atoms with Crippen LogP contribution in [0.3, 0.4) is 0 Å². The van der Waals surface area contributed by atoms with Crippen molar-refractivity contribution in [1.29, 1.82) is 0 Å². The fourth-order valence-electron chi connectivity index (χ4n) is 0.742. The maximum Gasteiger partial charge on any atom is 0.233 e. The zero-order valence-corrected chi connectivity index (χ0v) is 7.24. The molecule has 4 heteroatoms. The van der Waals surface area contributed by atoms with E-state index < -0.39 is 0 Å². The molecule has 0 atom stereocenters. The van der Waals surface area contributed by atoms with Crippen LogP contribution < -0.4 is 4.74 Å². The number of aromatic nitrogens is 2. The molecule has 0 saturated heterocycles. The van der Waals surface area contributed by atoms with Crippen LogP contribution in [0.1, 0.15) is 11.3 Å². The van der Waals surface area contributed by atoms with Crippen LogP contribution in [0.15, 0.2) is 6.07 Å². The van der Waals surface area contributed by atoms with E-state index in [4.69, 9.17) is 9.84 Å². The van der Waals surface area contributed by atoms with Gasteiger partial charge in [0.2, 0.25) is 5.88 Å². The molecular weight excluding hydrogens is 156 g/mol. The minimum absolute atomic E-state index is 0.00535. The van der Waals surface area contributed by atoms with Gasteiger partial charge in [0.15, 0.2) is 0 Å². The molecule has 0 bridgehead atoms. The first-order chi connectivity index (χ1) is 5.74. The van der Waals surface area contributed by atoms with Crippen LogP contribution in [0.25, 0.3) is 0 Å². The first kappa shape index (κ1) is 8.93. The number of aliphatic hydroxyl groups excluding tert-OH is 1. The highest BCUT2D eigenvalue weighted by molar-refractivity contribution is 5.21. The quantitative estimate of drug-likeness (QED) is 0.712. The monoisotopic (exact) mass is 168 g/mol. The van der Waals surface area contributed by atoms with E-state index in [0.29, 0.717) is 5.88 Å². The van der Waals surface area contributed by atoms with E-state index >= 15 is 0 Å². The molecule has 0 unspecified atom stereocenters. The first-order valence-electron chi connectivity index (χ1n) is 3.78. The van der Waals surface area contributed by atoms with Crippen molar-refractivity contribution in [2.24, 2.45) is 0 Å². The Labute approximate surface area is 71.2 Å². The summed E-state index contributed by atoms with van der Waals surface area (Å²) < 4.78 is 5.07. The Morgan fingerprint density at radius 1 is 1.42 bits per heavy atom. The number of rotatable bonds is 3. The van der Waals surface area contributed by atoms with Crippen molar-refractivity contribution in [3.05, 3.63) is 17.3 Å². The predicted octanol–water partition coefficient (Wildman–Crippen LogP) is 0.465. The third-order valence-electron chi connectivity index (χ3n) is 1.55. The van der Waals surface area contributed by atoms with Crippen molar-refractivity contribution in [1.82, 2.24) is 10.2 Å². The van der Waals surface area contributed by atoms with Gasteiger partial charge in [0.25, 0.3) is 0 Å². The van der Waals surface area contributed by atoms with E-state index in [1.807, 2.05) is 13.8 Å². The van der Waals surface area contributed by atoms with E-state index in [1.165, 1.54) is 0 Å². The summed E-state index contributed by atoms with van der Waals surface area (Å²) in [6, 6.07) is 1.80. The first-order valence-corrected chi connectivity index (χ1v) is 3.78. The van der Waals surface area contributed by atoms with Gasteiger partial charge in [0.05, 0.1) is 12.3 Å². The van der Waals surface area contributed by atoms with Gasteiger partial charge in [0.1, 0.15) is 6.61 Å². The number of aliphatic hydroxyl groups is 1. The normalized spacial score (nSPS) is 9.92. The second kappa shape index (κ2) is 4.01. The van der Waals surface area contributed by atoms with Crippen molar-refractivity contribution in [3.8, 4) is 5.88 Å². The van der Waals surface area contributed by atoms with E-state index in [-0.39, 0.29) is 13.2 Å². The summed E-state index contributed by atoms with van der Waals surface area (Å²) >= 11 is 0. The Balaban J connectivity index is 2.69. The number of hydrogen-bond acceptors (Lipinski definition) is 4. The van der Waals surface area contributed by atoms with Crippen molar-refractivity contribution in [3.63, 3.8) is 0 Å². The maximum atomic E-state index is 8.48. The minimum Gasteiger partial charge on any atom is -0.474 e. The summed E-state index contributed by atoms with van der Waals surface area (Å²) in [6.07, 6.45) is 0. The van der Waals surface area contributed by atoms with Gasteiger partial charge in [-0.2, -0.15) is 5.10 Å². The lowest BCUT2D eigenvalue weighted by atomic mass is 10.2. The third kappa shape index (κ3) is 2.17. The van der Waals surface area contributed by atoms with E-state index in [9.17, 15) is 0 Å². The van der Waals surface area contributed by atoms with E-state index in [1.54, 1.807) is 6.07 Å². The molecule has 0 aliphatic carbocycles. The molecule has 0 fully saturated rings. The topological polar surface area (TPSA) is 55.2 Å². The van der Waals surface area contributed by atoms with Gasteiger partial charge in [-0.1, -0.05) is 0 Å². The molecule has 0 amide bonds. The van der Waals surface area contributed by atoms with Gasteiger partial charge < -0.3 is 9.84 Å². The summed E-state index contributed by atoms with van der Waals surface area (Å²) in [6.45, 7) is 4.08. The Bertz CT molecular complexity index is 263. The van der Waals surface area contributed by atoms with Crippen LogP contribution in [0.5, 0.6) is 5.88 Å². The molecule has 0 saturated carbocycles. The van der Waals surface area contributed by atoms with Crippen LogP contribution in [0, 0.1) is 13.8 Å². The second-order valence-electron chi connectivity index (χ2n) is 2.52. The Hall–Kier alpha value is -1.16. The highest BCUT2D eigenvalue weighted by atomic mass is 16.5. The average Bonchev–Trinajstić information content (AvgIpc) is 2.07. The second-order valence-corrected chi connectivity index (χ2v) is 2.52. The maximum absolute atomic E-state index is 8.48. The summed E-state index contributed by atoms with van der Waals surface area (Å²) in [5, 5.41) is 16.1. The number of ether oxygens (including phenoxy) is 1. The fraction of sp³-hybridized carbons (Fsp3) is 0.500. The van der Waals surface area contributed by atoms with Crippen LogP contribution in [-0.4, -0.2) is 28.5 Å². The van der Waals surface area contributed by atoms with Crippen LogP contribution in [0.2, 0.25) is 0 Å². The fourth-order valence-corrected chi connectivity index (χ4v) is 0.742. The number of aryl methyl sites for hydroxylation is 2. The summed E-state index contributed by atoms with van der Waals surface area (Å²) in [5.41, 5.74) is 1.93. The summed E-state index contributed by atoms with van der Waals surface area (Å²) in [7, 11) is 0. The number of nitrogens with zero attached hydrogens (tertiary/aromatic N) is 2. The average molecular weight is 168 g/mol. The van der Waals surface area contributed by atoms with Gasteiger partial charge in [-0.25, -0.2) is 0 Å². The molecule has 12 heavy (non-hydrogen) atoms. The predicted molar refractivity (Wildman–Crippen MR) is 44.1 cm³/mol. The van der Waals surface area contributed by atoms with Crippen molar-refractivity contribution in [2.75, 3.05) is 13.2 Å². The molecule has 1 aromatic heterocycles. The third-order valence-corrected chi connectivity index (χ3v) is 1.55. The Morgan fingerprint density at radius 2 is 2.17 bits per heavy atom. The molecule has 0 aromatic carbocycles. The molecule has 0 aliphatic heterocycles. The van der Waals surface area contributed by atoms with Crippen molar-refractivity contribution in [2.45, 2.75) is 13.8 Å². The largest absolute Gasteiger partial charge is 0.474 e. The van der Waals surface area contributed by atoms with Crippen LogP contribution >= 0.6 is 0 Å². The lowest BCUT2D eigenvalue weighted by Gasteiger charge is -2.03. The molecule has 0 spiro atoms. The molecule has 4 nitrogen and oxygen atoms in total. The molecule has 1 rings (SSSR count). The van der Waals surface area contributed by atoms with Gasteiger partial charge in [0, 0.05) is 6.07 Å². The van der Waals surface area contributed by atoms with Crippen molar-refractivity contribution < 1.29 is 9.84 Å².